The van der Waals surface area contributed by atoms with E-state index in [4.69, 9.17) is 0 Å². The van der Waals surface area contributed by atoms with Crippen LogP contribution in [-0.2, 0) is 0 Å². The second-order valence-corrected chi connectivity index (χ2v) is 2.82. The van der Waals surface area contributed by atoms with Gasteiger partial charge < -0.3 is 5.32 Å². The Hall–Kier alpha value is -2.04. The lowest BCUT2D eigenvalue weighted by atomic mass is 10.3. The van der Waals surface area contributed by atoms with Crippen LogP contribution in [0.1, 0.15) is 0 Å². The highest BCUT2D eigenvalue weighted by Crippen LogP contribution is 2.17. The lowest BCUT2D eigenvalue weighted by Crippen LogP contribution is -1.98. The van der Waals surface area contributed by atoms with E-state index in [-0.39, 0.29) is 11.6 Å². The number of aromatic nitrogens is 2. The van der Waals surface area contributed by atoms with Gasteiger partial charge >= 0.3 is 0 Å². The minimum absolute atomic E-state index is 0.141. The molecule has 1 aromatic heterocycles. The summed E-state index contributed by atoms with van der Waals surface area (Å²) < 4.78 is 25.8. The average molecular weight is 207 g/mol. The Balaban J connectivity index is 2.25. The summed E-state index contributed by atoms with van der Waals surface area (Å²) in [6.45, 7) is 0. The van der Waals surface area contributed by atoms with Crippen LogP contribution in [0.5, 0.6) is 0 Å². The number of benzene rings is 1. The maximum absolute atomic E-state index is 13.2. The van der Waals surface area contributed by atoms with Gasteiger partial charge in [0.2, 0.25) is 5.95 Å². The number of anilines is 2. The zero-order valence-electron chi connectivity index (χ0n) is 7.61. The number of hydrogen-bond acceptors (Lipinski definition) is 3. The Kier molecular flexibility index (Phi) is 2.53. The Morgan fingerprint density at radius 3 is 2.47 bits per heavy atom. The van der Waals surface area contributed by atoms with E-state index in [1.165, 1.54) is 18.5 Å². The zero-order valence-corrected chi connectivity index (χ0v) is 7.61. The lowest BCUT2D eigenvalue weighted by molar-refractivity contribution is 0.586. The topological polar surface area (TPSA) is 37.8 Å². The quantitative estimate of drug-likeness (QED) is 0.822. The number of rotatable bonds is 2. The van der Waals surface area contributed by atoms with Crippen molar-refractivity contribution in [2.45, 2.75) is 0 Å². The molecule has 2 aromatic rings. The fourth-order valence-electron chi connectivity index (χ4n) is 1.07. The van der Waals surface area contributed by atoms with Crippen molar-refractivity contribution in [1.82, 2.24) is 9.97 Å². The summed E-state index contributed by atoms with van der Waals surface area (Å²) in [5.74, 6) is -1.03. The molecule has 0 saturated carbocycles. The summed E-state index contributed by atoms with van der Waals surface area (Å²) in [7, 11) is 0. The van der Waals surface area contributed by atoms with Crippen molar-refractivity contribution in [3.8, 4) is 0 Å². The van der Waals surface area contributed by atoms with Gasteiger partial charge in [-0.2, -0.15) is 0 Å². The number of nitrogens with one attached hydrogen (secondary N) is 1. The number of hydrogen-bond donors (Lipinski definition) is 1. The molecule has 0 radical (unpaired) electrons. The summed E-state index contributed by atoms with van der Waals surface area (Å²) in [5, 5.41) is 2.64. The van der Waals surface area contributed by atoms with Crippen molar-refractivity contribution in [3.63, 3.8) is 0 Å². The van der Waals surface area contributed by atoms with Gasteiger partial charge in [0, 0.05) is 18.5 Å². The molecule has 2 rings (SSSR count). The van der Waals surface area contributed by atoms with Crippen molar-refractivity contribution in [1.29, 1.82) is 0 Å². The first-order valence-corrected chi connectivity index (χ1v) is 4.25. The minimum Gasteiger partial charge on any atom is -0.322 e. The molecular formula is C10H7F2N3. The maximum atomic E-state index is 13.2. The molecule has 0 saturated heterocycles. The van der Waals surface area contributed by atoms with Crippen LogP contribution in [0.4, 0.5) is 20.4 Å². The molecule has 3 nitrogen and oxygen atoms in total. The third-order valence-electron chi connectivity index (χ3n) is 1.74. The Morgan fingerprint density at radius 1 is 1.07 bits per heavy atom. The van der Waals surface area contributed by atoms with E-state index in [0.717, 1.165) is 12.1 Å². The van der Waals surface area contributed by atoms with Gasteiger partial charge in [0.25, 0.3) is 0 Å². The van der Waals surface area contributed by atoms with E-state index in [1.807, 2.05) is 0 Å². The SMILES string of the molecule is Fc1ccc(Nc2ncccn2)c(F)c1. The molecule has 0 aliphatic rings. The van der Waals surface area contributed by atoms with Gasteiger partial charge in [-0.1, -0.05) is 0 Å². The van der Waals surface area contributed by atoms with Gasteiger partial charge in [-0.3, -0.25) is 0 Å². The van der Waals surface area contributed by atoms with Gasteiger partial charge in [0.05, 0.1) is 5.69 Å². The molecule has 0 spiro atoms. The summed E-state index contributed by atoms with van der Waals surface area (Å²) in [6, 6.07) is 4.90. The van der Waals surface area contributed by atoms with Crippen molar-refractivity contribution in [2.24, 2.45) is 0 Å². The Labute approximate surface area is 84.8 Å². The van der Waals surface area contributed by atoms with Crippen molar-refractivity contribution in [3.05, 3.63) is 48.3 Å². The van der Waals surface area contributed by atoms with Crippen LogP contribution >= 0.6 is 0 Å². The second-order valence-electron chi connectivity index (χ2n) is 2.82. The normalized spacial score (nSPS) is 10.0. The zero-order chi connectivity index (χ0) is 10.7. The van der Waals surface area contributed by atoms with E-state index in [2.05, 4.69) is 15.3 Å². The van der Waals surface area contributed by atoms with Crippen LogP contribution in [0.15, 0.2) is 36.7 Å². The Morgan fingerprint density at radius 2 is 1.80 bits per heavy atom. The van der Waals surface area contributed by atoms with Gasteiger partial charge in [0.1, 0.15) is 11.6 Å². The summed E-state index contributed by atoms with van der Waals surface area (Å²) in [5.41, 5.74) is 0.141. The fourth-order valence-corrected chi connectivity index (χ4v) is 1.07. The number of nitrogens with zero attached hydrogens (tertiary/aromatic N) is 2. The molecule has 0 aliphatic heterocycles. The van der Waals surface area contributed by atoms with E-state index in [9.17, 15) is 8.78 Å². The van der Waals surface area contributed by atoms with Crippen LogP contribution in [-0.4, -0.2) is 9.97 Å². The highest BCUT2D eigenvalue weighted by Gasteiger charge is 2.04. The molecule has 1 N–H and O–H groups in total. The predicted octanol–water partition coefficient (Wildman–Crippen LogP) is 2.50. The third-order valence-corrected chi connectivity index (χ3v) is 1.74. The lowest BCUT2D eigenvalue weighted by Gasteiger charge is -2.04. The van der Waals surface area contributed by atoms with Crippen molar-refractivity contribution >= 4 is 11.6 Å². The first-order valence-electron chi connectivity index (χ1n) is 4.25. The monoisotopic (exact) mass is 207 g/mol. The molecule has 5 heteroatoms. The molecule has 1 heterocycles. The van der Waals surface area contributed by atoms with Gasteiger partial charge in [-0.25, -0.2) is 18.7 Å². The van der Waals surface area contributed by atoms with E-state index < -0.39 is 11.6 Å². The van der Waals surface area contributed by atoms with Crippen LogP contribution < -0.4 is 5.32 Å². The van der Waals surface area contributed by atoms with Gasteiger partial charge in [0.15, 0.2) is 0 Å². The minimum atomic E-state index is -0.678. The summed E-state index contributed by atoms with van der Waals surface area (Å²) in [4.78, 5) is 7.71. The molecule has 0 atom stereocenters. The van der Waals surface area contributed by atoms with Crippen LogP contribution in [0.2, 0.25) is 0 Å². The highest BCUT2D eigenvalue weighted by atomic mass is 19.1. The largest absolute Gasteiger partial charge is 0.322 e. The molecule has 1 aromatic carbocycles. The van der Waals surface area contributed by atoms with Gasteiger partial charge in [-0.15, -0.1) is 0 Å². The van der Waals surface area contributed by atoms with Crippen molar-refractivity contribution in [2.75, 3.05) is 5.32 Å². The van der Waals surface area contributed by atoms with E-state index in [0.29, 0.717) is 0 Å². The molecule has 0 amide bonds. The van der Waals surface area contributed by atoms with Gasteiger partial charge in [-0.05, 0) is 18.2 Å². The fraction of sp³-hybridized carbons (Fsp3) is 0. The standard InChI is InChI=1S/C10H7F2N3/c11-7-2-3-9(8(12)6-7)15-10-13-4-1-5-14-10/h1-6H,(H,13,14,15). The molecular weight excluding hydrogens is 200 g/mol. The van der Waals surface area contributed by atoms with E-state index in [1.54, 1.807) is 6.07 Å². The molecule has 0 fully saturated rings. The maximum Gasteiger partial charge on any atom is 0.227 e. The third kappa shape index (κ3) is 2.25. The smallest absolute Gasteiger partial charge is 0.227 e. The van der Waals surface area contributed by atoms with Crippen LogP contribution in [0, 0.1) is 11.6 Å². The number of halogens is 2. The molecule has 15 heavy (non-hydrogen) atoms. The first kappa shape index (κ1) is 9.51. The highest BCUT2D eigenvalue weighted by molar-refractivity contribution is 5.53. The molecule has 0 unspecified atom stereocenters. The molecule has 0 bridgehead atoms. The Bertz CT molecular complexity index is 459. The first-order chi connectivity index (χ1) is 7.25. The second kappa shape index (κ2) is 4.00. The van der Waals surface area contributed by atoms with E-state index >= 15 is 0 Å². The van der Waals surface area contributed by atoms with Crippen LogP contribution in [0.3, 0.4) is 0 Å². The summed E-state index contributed by atoms with van der Waals surface area (Å²) >= 11 is 0. The summed E-state index contributed by atoms with van der Waals surface area (Å²) in [6.07, 6.45) is 3.05. The predicted molar refractivity (Wildman–Crippen MR) is 51.7 cm³/mol. The average Bonchev–Trinajstić information content (AvgIpc) is 2.24. The van der Waals surface area contributed by atoms with Crippen LogP contribution in [0.25, 0.3) is 0 Å². The molecule has 76 valence electrons. The molecule has 0 aliphatic carbocycles. The van der Waals surface area contributed by atoms with Crippen molar-refractivity contribution < 1.29 is 8.78 Å².